The lowest BCUT2D eigenvalue weighted by atomic mass is 10.1. The number of rotatable bonds is 6. The first-order chi connectivity index (χ1) is 12.4. The third-order valence-corrected chi connectivity index (χ3v) is 3.43. The SMILES string of the molecule is C=C/C=C\C.C=N/C=C(\C(C)=C/C)N1CCC(=O)NC1=O.CCCCC. The van der Waals surface area contributed by atoms with Gasteiger partial charge in [0.1, 0.15) is 0 Å². The van der Waals surface area contributed by atoms with E-state index in [0.29, 0.717) is 18.7 Å². The van der Waals surface area contributed by atoms with Gasteiger partial charge in [-0.05, 0) is 33.1 Å². The maximum Gasteiger partial charge on any atom is 0.328 e. The highest BCUT2D eigenvalue weighted by Crippen LogP contribution is 2.17. The number of imide groups is 1. The number of carbonyl (C=O) groups is 2. The molecule has 5 nitrogen and oxygen atoms in total. The molecular formula is C21H35N3O2. The number of unbranched alkanes of at least 4 members (excludes halogenated alkanes) is 2. The summed E-state index contributed by atoms with van der Waals surface area (Å²) in [6.07, 6.45) is 13.3. The molecule has 1 N–H and O–H groups in total. The van der Waals surface area contributed by atoms with E-state index in [4.69, 9.17) is 0 Å². The summed E-state index contributed by atoms with van der Waals surface area (Å²) in [5.74, 6) is -0.245. The van der Waals surface area contributed by atoms with Crippen LogP contribution in [0.2, 0.25) is 0 Å². The maximum absolute atomic E-state index is 11.6. The van der Waals surface area contributed by atoms with Gasteiger partial charge in [-0.25, -0.2) is 4.79 Å². The molecule has 1 fully saturated rings. The molecule has 1 rings (SSSR count). The van der Waals surface area contributed by atoms with Crippen LogP contribution in [0.4, 0.5) is 4.79 Å². The molecule has 0 radical (unpaired) electrons. The molecule has 3 amide bonds. The molecule has 1 heterocycles. The Labute approximate surface area is 159 Å². The average molecular weight is 362 g/mol. The van der Waals surface area contributed by atoms with Gasteiger partial charge in [0.15, 0.2) is 0 Å². The Bertz CT molecular complexity index is 529. The predicted molar refractivity (Wildman–Crippen MR) is 112 cm³/mol. The van der Waals surface area contributed by atoms with Crippen molar-refractivity contribution in [2.75, 3.05) is 6.54 Å². The molecule has 0 aromatic heterocycles. The Kier molecular flexibility index (Phi) is 17.3. The number of nitrogens with one attached hydrogen (secondary N) is 1. The largest absolute Gasteiger partial charge is 0.328 e. The quantitative estimate of drug-likeness (QED) is 0.510. The second kappa shape index (κ2) is 17.4. The average Bonchev–Trinajstić information content (AvgIpc) is 2.62. The fraction of sp³-hybridized carbons (Fsp3) is 0.476. The monoisotopic (exact) mass is 361 g/mol. The second-order valence-corrected chi connectivity index (χ2v) is 5.54. The predicted octanol–water partition coefficient (Wildman–Crippen LogP) is 5.38. The van der Waals surface area contributed by atoms with E-state index in [-0.39, 0.29) is 5.91 Å². The molecule has 5 heteroatoms. The van der Waals surface area contributed by atoms with Crippen LogP contribution in [0.1, 0.15) is 60.3 Å². The van der Waals surface area contributed by atoms with Gasteiger partial charge in [-0.15, -0.1) is 0 Å². The van der Waals surface area contributed by atoms with Crippen LogP contribution >= 0.6 is 0 Å². The first kappa shape index (κ1) is 25.8. The molecule has 1 aliphatic rings. The third kappa shape index (κ3) is 12.0. The molecule has 146 valence electrons. The fourth-order valence-corrected chi connectivity index (χ4v) is 1.90. The van der Waals surface area contributed by atoms with E-state index in [9.17, 15) is 9.59 Å². The van der Waals surface area contributed by atoms with E-state index in [1.54, 1.807) is 6.08 Å². The Hall–Kier alpha value is -2.43. The van der Waals surface area contributed by atoms with Crippen LogP contribution in [0, 0.1) is 0 Å². The minimum atomic E-state index is -0.410. The summed E-state index contributed by atoms with van der Waals surface area (Å²) in [4.78, 5) is 27.8. The minimum absolute atomic E-state index is 0.245. The van der Waals surface area contributed by atoms with Gasteiger partial charge in [-0.1, -0.05) is 64.0 Å². The first-order valence-corrected chi connectivity index (χ1v) is 9.07. The summed E-state index contributed by atoms with van der Waals surface area (Å²) in [7, 11) is 0. The van der Waals surface area contributed by atoms with Gasteiger partial charge in [0.2, 0.25) is 5.91 Å². The van der Waals surface area contributed by atoms with E-state index in [0.717, 1.165) is 5.57 Å². The van der Waals surface area contributed by atoms with Crippen molar-refractivity contribution in [1.29, 1.82) is 0 Å². The van der Waals surface area contributed by atoms with E-state index in [1.807, 2.05) is 39.0 Å². The van der Waals surface area contributed by atoms with Crippen molar-refractivity contribution in [2.45, 2.75) is 60.3 Å². The number of hydrogen-bond donors (Lipinski definition) is 1. The number of urea groups is 1. The smallest absolute Gasteiger partial charge is 0.292 e. The van der Waals surface area contributed by atoms with E-state index in [1.165, 1.54) is 30.4 Å². The number of carbonyl (C=O) groups excluding carboxylic acids is 2. The summed E-state index contributed by atoms with van der Waals surface area (Å²) in [6.45, 7) is 17.3. The zero-order valence-corrected chi connectivity index (χ0v) is 17.0. The molecule has 0 aromatic carbocycles. The number of hydrogen-bond acceptors (Lipinski definition) is 3. The van der Waals surface area contributed by atoms with Crippen molar-refractivity contribution in [3.63, 3.8) is 0 Å². The number of aliphatic imine (C=N–C) groups is 1. The van der Waals surface area contributed by atoms with Crippen molar-refractivity contribution in [2.24, 2.45) is 4.99 Å². The zero-order chi connectivity index (χ0) is 20.4. The minimum Gasteiger partial charge on any atom is -0.292 e. The highest BCUT2D eigenvalue weighted by molar-refractivity contribution is 5.97. The van der Waals surface area contributed by atoms with Crippen LogP contribution in [-0.4, -0.2) is 30.1 Å². The summed E-state index contributed by atoms with van der Waals surface area (Å²) in [5.41, 5.74) is 1.58. The van der Waals surface area contributed by atoms with Crippen LogP contribution < -0.4 is 5.32 Å². The first-order valence-electron chi connectivity index (χ1n) is 9.07. The molecule has 0 spiro atoms. The summed E-state index contributed by atoms with van der Waals surface area (Å²) in [5, 5.41) is 2.27. The van der Waals surface area contributed by atoms with Crippen molar-refractivity contribution < 1.29 is 9.59 Å². The molecule has 26 heavy (non-hydrogen) atoms. The number of allylic oxidation sites excluding steroid dienone is 5. The van der Waals surface area contributed by atoms with Crippen LogP contribution in [0.25, 0.3) is 0 Å². The lowest BCUT2D eigenvalue weighted by Gasteiger charge is -2.28. The van der Waals surface area contributed by atoms with Gasteiger partial charge in [0.25, 0.3) is 0 Å². The van der Waals surface area contributed by atoms with Crippen molar-refractivity contribution in [3.8, 4) is 0 Å². The molecule has 1 saturated heterocycles. The van der Waals surface area contributed by atoms with Crippen LogP contribution in [-0.2, 0) is 4.79 Å². The lowest BCUT2D eigenvalue weighted by molar-refractivity contribution is -0.121. The maximum atomic E-state index is 11.6. The van der Waals surface area contributed by atoms with Gasteiger partial charge in [-0.3, -0.25) is 20.0 Å². The standard InChI is InChI=1S/C11H15N3O2.C5H12.C5H8/c1-4-8(2)9(7-12-3)14-6-5-10(15)13-11(14)16;2*1-3-5-4-2/h4,7H,3,5-6H2,1-2H3,(H,13,15,16);3-5H2,1-2H3;3-5H,1H2,2H3/b8-4-,9-7+;;5-4-. The van der Waals surface area contributed by atoms with Gasteiger partial charge in [0.05, 0.1) is 11.9 Å². The van der Waals surface area contributed by atoms with Gasteiger partial charge in [-0.2, -0.15) is 0 Å². The normalized spacial score (nSPS) is 14.7. The summed E-state index contributed by atoms with van der Waals surface area (Å²) in [6, 6.07) is -0.410. The Morgan fingerprint density at radius 3 is 2.19 bits per heavy atom. The van der Waals surface area contributed by atoms with E-state index < -0.39 is 6.03 Å². The third-order valence-electron chi connectivity index (χ3n) is 3.43. The molecule has 0 unspecified atom stereocenters. The lowest BCUT2D eigenvalue weighted by Crippen LogP contribution is -2.48. The Morgan fingerprint density at radius 1 is 1.27 bits per heavy atom. The molecule has 0 aliphatic carbocycles. The zero-order valence-electron chi connectivity index (χ0n) is 17.0. The Morgan fingerprint density at radius 2 is 1.88 bits per heavy atom. The number of amides is 3. The van der Waals surface area contributed by atoms with Crippen LogP contribution in [0.15, 0.2) is 53.3 Å². The summed E-state index contributed by atoms with van der Waals surface area (Å²) < 4.78 is 0. The van der Waals surface area contributed by atoms with Gasteiger partial charge >= 0.3 is 6.03 Å². The highest BCUT2D eigenvalue weighted by atomic mass is 16.2. The van der Waals surface area contributed by atoms with Gasteiger partial charge < -0.3 is 0 Å². The molecule has 1 aliphatic heterocycles. The van der Waals surface area contributed by atoms with Crippen molar-refractivity contribution in [3.05, 3.63) is 48.4 Å². The fourth-order valence-electron chi connectivity index (χ4n) is 1.90. The topological polar surface area (TPSA) is 61.8 Å². The molecule has 0 saturated carbocycles. The molecule has 0 atom stereocenters. The van der Waals surface area contributed by atoms with Crippen LogP contribution in [0.5, 0.6) is 0 Å². The second-order valence-electron chi connectivity index (χ2n) is 5.54. The molecular weight excluding hydrogens is 326 g/mol. The molecule has 0 bridgehead atoms. The Balaban J connectivity index is 0. The van der Waals surface area contributed by atoms with Gasteiger partial charge in [0, 0.05) is 13.0 Å². The van der Waals surface area contributed by atoms with Crippen LogP contribution in [0.3, 0.4) is 0 Å². The van der Waals surface area contributed by atoms with E-state index in [2.05, 4.69) is 37.5 Å². The highest BCUT2D eigenvalue weighted by Gasteiger charge is 2.26. The van der Waals surface area contributed by atoms with Crippen molar-refractivity contribution >= 4 is 18.7 Å². The van der Waals surface area contributed by atoms with Crippen molar-refractivity contribution in [1.82, 2.24) is 10.2 Å². The molecule has 0 aromatic rings. The summed E-state index contributed by atoms with van der Waals surface area (Å²) >= 11 is 0. The number of nitrogens with zero attached hydrogens (tertiary/aromatic N) is 2. The van der Waals surface area contributed by atoms with E-state index >= 15 is 0 Å².